The van der Waals surface area contributed by atoms with Crippen molar-refractivity contribution in [1.29, 1.82) is 0 Å². The number of nitrogen functional groups attached to an aromatic ring is 2. The average Bonchev–Trinajstić information content (AvgIpc) is 1.49. The molecule has 6 fully saturated rings. The van der Waals surface area contributed by atoms with E-state index in [0.717, 1.165) is 124 Å². The molecule has 0 bridgehead atoms. The zero-order valence-corrected chi connectivity index (χ0v) is 74.5. The molecule has 6 aromatic carbocycles. The van der Waals surface area contributed by atoms with Gasteiger partial charge in [0.2, 0.25) is 0 Å². The Labute approximate surface area is 736 Å². The lowest BCUT2D eigenvalue weighted by Crippen LogP contribution is -2.50. The zero-order valence-electron chi connectivity index (χ0n) is 72.0. The van der Waals surface area contributed by atoms with E-state index in [9.17, 15) is 33.9 Å². The minimum Gasteiger partial charge on any atom is -0.477 e. The number of carboxylic acids is 1. The predicted octanol–water partition coefficient (Wildman–Crippen LogP) is 22.1. The summed E-state index contributed by atoms with van der Waals surface area (Å²) in [5.41, 5.74) is 26.5. The highest BCUT2D eigenvalue weighted by Gasteiger charge is 2.36. The van der Waals surface area contributed by atoms with Crippen molar-refractivity contribution in [3.05, 3.63) is 225 Å². The Morgan fingerprint density at radius 1 is 0.435 bits per heavy atom. The number of nitrogens with two attached hydrogens (primary N) is 2. The predicted molar refractivity (Wildman–Crippen MR) is 503 cm³/mol. The van der Waals surface area contributed by atoms with Crippen LogP contribution in [0.2, 0.25) is 0 Å². The lowest BCUT2D eigenvalue weighted by atomic mass is 9.96. The van der Waals surface area contributed by atoms with Crippen molar-refractivity contribution in [1.82, 2.24) is 25.2 Å². The Bertz CT molecular complexity index is 5890. The Kier molecular flexibility index (Phi) is 26.5. The van der Waals surface area contributed by atoms with E-state index in [1.807, 2.05) is 183 Å². The number of carbonyl (C=O) groups is 6. The highest BCUT2D eigenvalue weighted by atomic mass is 32.1. The molecule has 0 radical (unpaired) electrons. The number of ketones is 2. The van der Waals surface area contributed by atoms with Gasteiger partial charge in [0, 0.05) is 156 Å². The number of amides is 3. The molecule has 3 amide bonds. The first-order valence-corrected chi connectivity index (χ1v) is 45.7. The summed E-state index contributed by atoms with van der Waals surface area (Å²) in [5, 5.41) is 30.7. The van der Waals surface area contributed by atoms with Crippen LogP contribution in [0.4, 0.5) is 54.2 Å². The number of thiophene rings is 3. The summed E-state index contributed by atoms with van der Waals surface area (Å²) in [7, 11) is 0. The lowest BCUT2D eigenvalue weighted by Gasteiger charge is -2.37. The molecule has 3 aliphatic heterocycles. The summed E-state index contributed by atoms with van der Waals surface area (Å²) >= 11 is 4.96. The summed E-state index contributed by atoms with van der Waals surface area (Å²) < 4.78 is 16.2. The van der Waals surface area contributed by atoms with Gasteiger partial charge in [-0.1, -0.05) is 54.6 Å². The van der Waals surface area contributed by atoms with Crippen molar-refractivity contribution in [2.45, 2.75) is 167 Å². The fraction of sp³-hybridized carbons (Fsp3) is 0.364. The molecule has 0 atom stereocenters. The molecule has 0 unspecified atom stereocenters. The number of nitrogens with zero attached hydrogens (tertiary/aromatic N) is 7. The third-order valence-corrected chi connectivity index (χ3v) is 25.4. The first-order valence-electron chi connectivity index (χ1n) is 43.0. The second-order valence-electron chi connectivity index (χ2n) is 35.7. The van der Waals surface area contributed by atoms with Crippen LogP contribution in [-0.4, -0.2) is 143 Å². The average molecular weight is 1720 g/mol. The van der Waals surface area contributed by atoms with E-state index < -0.39 is 35.0 Å². The van der Waals surface area contributed by atoms with Crippen LogP contribution < -0.4 is 42.1 Å². The summed E-state index contributed by atoms with van der Waals surface area (Å²) in [5.74, 6) is 0.584. The van der Waals surface area contributed by atoms with Gasteiger partial charge in [-0.3, -0.25) is 30.2 Å². The van der Waals surface area contributed by atoms with Gasteiger partial charge in [0.15, 0.2) is 11.6 Å². The number of anilines is 7. The summed E-state index contributed by atoms with van der Waals surface area (Å²) in [6.07, 6.45) is 15.6. The molecule has 6 aliphatic rings. The molecule has 8 N–H and O–H groups in total. The van der Waals surface area contributed by atoms with Crippen LogP contribution in [0.5, 0.6) is 0 Å². The molecule has 124 heavy (non-hydrogen) atoms. The second kappa shape index (κ2) is 37.7. The van der Waals surface area contributed by atoms with E-state index in [4.69, 9.17) is 30.7 Å². The van der Waals surface area contributed by atoms with Gasteiger partial charge in [0.1, 0.15) is 33.9 Å². The van der Waals surface area contributed by atoms with Crippen LogP contribution in [0.25, 0.3) is 63.6 Å². The molecule has 3 aliphatic carbocycles. The van der Waals surface area contributed by atoms with Gasteiger partial charge in [-0.15, -0.1) is 34.0 Å². The number of Topliss-reactive ketones (excluding diaryl/α,β-unsaturated/α-hetero) is 2. The number of carboxylic acid groups (broad SMARTS) is 1. The van der Waals surface area contributed by atoms with Crippen LogP contribution in [-0.2, 0) is 27.1 Å². The molecule has 0 spiro atoms. The van der Waals surface area contributed by atoms with Gasteiger partial charge >= 0.3 is 24.2 Å². The van der Waals surface area contributed by atoms with E-state index in [-0.39, 0.29) is 36.2 Å². The zero-order chi connectivity index (χ0) is 87.1. The van der Waals surface area contributed by atoms with Crippen LogP contribution in [0.3, 0.4) is 0 Å². The number of pyridine rings is 3. The Morgan fingerprint density at radius 2 is 0.831 bits per heavy atom. The Hall–Kier alpha value is -11.8. The van der Waals surface area contributed by atoms with E-state index in [2.05, 4.69) is 82.4 Å². The molecule has 3 saturated heterocycles. The number of aromatic nitrogens is 3. The van der Waals surface area contributed by atoms with Gasteiger partial charge in [-0.2, -0.15) is 0 Å². The van der Waals surface area contributed by atoms with Crippen molar-refractivity contribution in [3.63, 3.8) is 0 Å². The van der Waals surface area contributed by atoms with Gasteiger partial charge in [-0.05, 0) is 306 Å². The van der Waals surface area contributed by atoms with Gasteiger partial charge in [0.25, 0.3) is 0 Å². The normalized spacial score (nSPS) is 15.5. The number of benzene rings is 6. The highest BCUT2D eigenvalue weighted by Crippen LogP contribution is 2.51. The van der Waals surface area contributed by atoms with Crippen molar-refractivity contribution in [2.75, 3.05) is 102 Å². The minimum atomic E-state index is -1.01. The highest BCUT2D eigenvalue weighted by molar-refractivity contribution is 7.14. The number of piperazine rings is 2. The van der Waals surface area contributed by atoms with Crippen molar-refractivity contribution >= 4 is 142 Å². The van der Waals surface area contributed by atoms with Gasteiger partial charge in [0.05, 0.1) is 11.4 Å². The van der Waals surface area contributed by atoms with E-state index in [0.29, 0.717) is 65.0 Å². The van der Waals surface area contributed by atoms with Crippen LogP contribution in [0, 0.1) is 0 Å². The van der Waals surface area contributed by atoms with E-state index >= 15 is 0 Å². The third-order valence-electron chi connectivity index (χ3n) is 22.6. The molecular formula is C99H110N12O10S3. The molecule has 12 aromatic rings. The van der Waals surface area contributed by atoms with Crippen LogP contribution in [0.15, 0.2) is 180 Å². The van der Waals surface area contributed by atoms with Gasteiger partial charge < -0.3 is 55.7 Å². The fourth-order valence-electron chi connectivity index (χ4n) is 16.3. The number of rotatable bonds is 18. The second-order valence-corrected chi connectivity index (χ2v) is 38.6. The van der Waals surface area contributed by atoms with Crippen LogP contribution >= 0.6 is 34.0 Å². The van der Waals surface area contributed by atoms with Crippen molar-refractivity contribution < 1.29 is 48.1 Å². The fourth-order valence-corrected chi connectivity index (χ4v) is 18.5. The Balaban J connectivity index is 0.000000132. The SMILES string of the molecule is CC(C)(C)OC(=O)N1CCN(c2ccc3cc(C(=O)O)ncc3c2C2CC2)CC1.CC(C)(C)OC(=O)Nc1ccc(-c2cccs2)cc1CC(=O)c1cc2ccc(N3CCCCC3)c(C3CC3)c2cn1.CC(C)(C)OC(=O)Nc1ccc(-c2cccs2)cc1N.Nc1ccc(-c2cccs2)cc1CC(=O)c1cc2ccc(N3CCNCC3)c(C3CC3)c2cn1. The molecule has 6 aromatic heterocycles. The van der Waals surface area contributed by atoms with Gasteiger partial charge in [-0.25, -0.2) is 24.2 Å². The van der Waals surface area contributed by atoms with Crippen molar-refractivity contribution in [2.24, 2.45) is 0 Å². The molecule has 18 rings (SSSR count). The first-order chi connectivity index (χ1) is 59.5. The number of hydrogen-bond acceptors (Lipinski definition) is 21. The number of piperidine rings is 1. The largest absolute Gasteiger partial charge is 0.477 e. The molecule has 3 saturated carbocycles. The molecule has 9 heterocycles. The summed E-state index contributed by atoms with van der Waals surface area (Å²) in [4.78, 5) is 101. The molecule has 644 valence electrons. The monoisotopic (exact) mass is 1720 g/mol. The Morgan fingerprint density at radius 3 is 1.26 bits per heavy atom. The molecule has 25 heteroatoms. The third kappa shape index (κ3) is 22.0. The number of aromatic carboxylic acids is 1. The standard InChI is InChI=1S/C34H37N3O3S.C28H28N4OS.C22H27N3O4.C15H18N2O2S/c1-34(2,3)40-33(39)36-27-13-11-24(31-8-7-17-41-31)18-25(27)20-30(38)28-19-23-12-14-29(37-15-5-4-6-16-37)32(22-9-10-22)26(23)21-35-28;29-23-7-5-20(27-2-1-13-34-27)14-21(23)16-26(33)24-15-19-6-8-25(32-11-9-30-10-12-32)28(18-3-4-18)22(19)17-31-24;1-22(2,3)29-21(28)25-10-8-24(9-11-25)18-7-6-15-12-17(20(26)27)23-13-16(15)19(18)14-4-5-14;1-15(2,3)19-14(18)17-12-7-6-10(9-11(12)16)13-5-4-8-20-13/h7-8,11-14,17-19,21-22H,4-6,9-10,15-16,20H2,1-3H3,(H,36,39);1-2,5-8,13-15,17-18,30H,3-4,9-12,16,29H2;6-7,12-14H,4-5,8-11H2,1-3H3,(H,26,27);4-9H,16H2,1-3H3,(H,17,18). The maximum absolute atomic E-state index is 13.7. The topological polar surface area (TPSA) is 290 Å². The summed E-state index contributed by atoms with van der Waals surface area (Å²) in [6.45, 7) is 25.6. The molecular weight excluding hydrogens is 1610 g/mol. The minimum absolute atomic E-state index is 0.00363. The smallest absolute Gasteiger partial charge is 0.412 e. The first kappa shape index (κ1) is 87.1. The summed E-state index contributed by atoms with van der Waals surface area (Å²) in [6, 6.07) is 47.9. The quantitative estimate of drug-likeness (QED) is 0.0264. The maximum atomic E-state index is 13.7. The molecule has 22 nitrogen and oxygen atoms in total. The van der Waals surface area contributed by atoms with E-state index in [1.165, 1.54) is 94.3 Å². The maximum Gasteiger partial charge on any atom is 0.412 e. The number of hydrogen-bond donors (Lipinski definition) is 6. The number of ether oxygens (including phenoxy) is 3. The van der Waals surface area contributed by atoms with E-state index in [1.54, 1.807) is 57.2 Å². The van der Waals surface area contributed by atoms with Crippen LogP contribution in [0.1, 0.15) is 197 Å². The number of fused-ring (bicyclic) bond motifs is 3. The lowest BCUT2D eigenvalue weighted by molar-refractivity contribution is 0.0239. The number of nitrogens with one attached hydrogen (secondary N) is 3. The number of carbonyl (C=O) groups excluding carboxylic acids is 5. The van der Waals surface area contributed by atoms with Crippen molar-refractivity contribution in [3.8, 4) is 31.3 Å².